The van der Waals surface area contributed by atoms with Crippen LogP contribution in [0.4, 0.5) is 0 Å². The molecule has 0 aromatic rings. The van der Waals surface area contributed by atoms with Gasteiger partial charge >= 0.3 is 5.97 Å². The van der Waals surface area contributed by atoms with E-state index in [2.05, 4.69) is 4.74 Å². The normalized spacial score (nSPS) is 18.3. The van der Waals surface area contributed by atoms with Crippen LogP contribution in [0.25, 0.3) is 0 Å². The predicted molar refractivity (Wildman–Crippen MR) is 33.3 cm³/mol. The highest BCUT2D eigenvalue weighted by Crippen LogP contribution is 2.02. The summed E-state index contributed by atoms with van der Waals surface area (Å²) in [5, 5.41) is 0. The van der Waals surface area contributed by atoms with Gasteiger partial charge < -0.3 is 4.74 Å². The number of allylic oxidation sites excluding steroid dienone is 2. The smallest absolute Gasteiger partial charge is 0.334 e. The van der Waals surface area contributed by atoms with Crippen LogP contribution in [0.3, 0.4) is 0 Å². The van der Waals surface area contributed by atoms with Crippen molar-refractivity contribution in [3.63, 3.8) is 0 Å². The van der Waals surface area contributed by atoms with Gasteiger partial charge in [0.05, 0.1) is 0 Å². The summed E-state index contributed by atoms with van der Waals surface area (Å²) >= 11 is 0. The van der Waals surface area contributed by atoms with Gasteiger partial charge in [0, 0.05) is 5.57 Å². The Balaban J connectivity index is 2.74. The second kappa shape index (κ2) is 2.49. The fourth-order valence-corrected chi connectivity index (χ4v) is 0.507. The molecule has 1 heterocycles. The van der Waals surface area contributed by atoms with E-state index in [1.807, 2.05) is 0 Å². The van der Waals surface area contributed by atoms with Crippen LogP contribution in [0.1, 0.15) is 6.92 Å². The molecule has 1 aliphatic rings. The molecule has 1 aliphatic heterocycles. The fourth-order valence-electron chi connectivity index (χ4n) is 0.507. The Morgan fingerprint density at radius 2 is 2.22 bits per heavy atom. The van der Waals surface area contributed by atoms with Crippen LogP contribution in [0.5, 0.6) is 0 Å². The average molecular weight is 123 g/mol. The van der Waals surface area contributed by atoms with Crippen molar-refractivity contribution in [2.75, 3.05) is 0 Å². The molecule has 0 saturated heterocycles. The molecule has 1 rings (SSSR count). The lowest BCUT2D eigenvalue weighted by molar-refractivity contribution is -0.134. The molecule has 0 N–H and O–H groups in total. The van der Waals surface area contributed by atoms with Crippen molar-refractivity contribution in [1.29, 1.82) is 0 Å². The SMILES string of the molecule is CC1=CC=C[CH]OC1=O. The molecule has 9 heavy (non-hydrogen) atoms. The van der Waals surface area contributed by atoms with Crippen LogP contribution < -0.4 is 0 Å². The number of carbonyl (C=O) groups excluding carboxylic acids is 1. The van der Waals surface area contributed by atoms with Gasteiger partial charge in [-0.1, -0.05) is 12.2 Å². The van der Waals surface area contributed by atoms with E-state index in [0.717, 1.165) is 0 Å². The third kappa shape index (κ3) is 1.42. The van der Waals surface area contributed by atoms with E-state index in [0.29, 0.717) is 5.57 Å². The van der Waals surface area contributed by atoms with E-state index in [4.69, 9.17) is 0 Å². The van der Waals surface area contributed by atoms with E-state index < -0.39 is 0 Å². The summed E-state index contributed by atoms with van der Waals surface area (Å²) in [4.78, 5) is 10.7. The second-order valence-electron chi connectivity index (χ2n) is 1.78. The highest BCUT2D eigenvalue weighted by atomic mass is 16.5. The molecule has 2 heteroatoms. The molecule has 0 spiro atoms. The lowest BCUT2D eigenvalue weighted by atomic mass is 10.3. The van der Waals surface area contributed by atoms with Crippen LogP contribution in [0, 0.1) is 6.61 Å². The minimum atomic E-state index is -0.278. The quantitative estimate of drug-likeness (QED) is 0.452. The van der Waals surface area contributed by atoms with E-state index in [1.165, 1.54) is 6.61 Å². The number of esters is 1. The van der Waals surface area contributed by atoms with Crippen molar-refractivity contribution in [2.45, 2.75) is 6.92 Å². The van der Waals surface area contributed by atoms with Crippen LogP contribution >= 0.6 is 0 Å². The molecule has 0 unspecified atom stereocenters. The van der Waals surface area contributed by atoms with E-state index in [9.17, 15) is 4.79 Å². The summed E-state index contributed by atoms with van der Waals surface area (Å²) in [5.41, 5.74) is 0.625. The van der Waals surface area contributed by atoms with Crippen LogP contribution in [-0.4, -0.2) is 5.97 Å². The molecule has 0 bridgehead atoms. The number of cyclic esters (lactones) is 1. The highest BCUT2D eigenvalue weighted by molar-refractivity contribution is 5.88. The number of carbonyl (C=O) groups is 1. The number of rotatable bonds is 0. The summed E-state index contributed by atoms with van der Waals surface area (Å²) in [5.74, 6) is -0.278. The Bertz CT molecular complexity index is 177. The summed E-state index contributed by atoms with van der Waals surface area (Å²) < 4.78 is 4.60. The van der Waals surface area contributed by atoms with Gasteiger partial charge in [0.2, 0.25) is 0 Å². The molecule has 1 radical (unpaired) electrons. The maximum atomic E-state index is 10.7. The second-order valence-corrected chi connectivity index (χ2v) is 1.78. The molecule has 0 amide bonds. The Morgan fingerprint density at radius 1 is 1.44 bits per heavy atom. The van der Waals surface area contributed by atoms with Gasteiger partial charge in [-0.15, -0.1) is 0 Å². The maximum Gasteiger partial charge on any atom is 0.334 e. The van der Waals surface area contributed by atoms with Crippen molar-refractivity contribution in [2.24, 2.45) is 0 Å². The molecule has 0 aliphatic carbocycles. The predicted octanol–water partition coefficient (Wildman–Crippen LogP) is 1.21. The minimum Gasteiger partial charge on any atom is -0.450 e. The number of hydrogen-bond donors (Lipinski definition) is 0. The van der Waals surface area contributed by atoms with Crippen molar-refractivity contribution in [3.05, 3.63) is 30.4 Å². The molecule has 47 valence electrons. The summed E-state index contributed by atoms with van der Waals surface area (Å²) in [6.45, 7) is 3.08. The van der Waals surface area contributed by atoms with Gasteiger partial charge in [-0.2, -0.15) is 0 Å². The average Bonchev–Trinajstić information content (AvgIpc) is 1.99. The minimum absolute atomic E-state index is 0.278. The van der Waals surface area contributed by atoms with Gasteiger partial charge in [0.15, 0.2) is 6.61 Å². The number of ether oxygens (including phenoxy) is 1. The number of hydrogen-bond acceptors (Lipinski definition) is 2. The summed E-state index contributed by atoms with van der Waals surface area (Å²) in [6, 6.07) is 0. The monoisotopic (exact) mass is 123 g/mol. The molecule has 0 aromatic carbocycles. The summed E-state index contributed by atoms with van der Waals surface area (Å²) in [6.07, 6.45) is 5.15. The third-order valence-corrected chi connectivity index (χ3v) is 1.03. The Morgan fingerprint density at radius 3 is 3.00 bits per heavy atom. The van der Waals surface area contributed by atoms with Crippen molar-refractivity contribution in [1.82, 2.24) is 0 Å². The first-order valence-electron chi connectivity index (χ1n) is 2.68. The molecule has 0 atom stereocenters. The van der Waals surface area contributed by atoms with Gasteiger partial charge in [-0.05, 0) is 13.0 Å². The van der Waals surface area contributed by atoms with Crippen molar-refractivity contribution >= 4 is 5.97 Å². The first kappa shape index (κ1) is 6.08. The van der Waals surface area contributed by atoms with Gasteiger partial charge in [0.1, 0.15) is 0 Å². The molecule has 0 saturated carbocycles. The highest BCUT2D eigenvalue weighted by Gasteiger charge is 2.04. The first-order chi connectivity index (χ1) is 4.30. The van der Waals surface area contributed by atoms with Crippen LogP contribution in [0.2, 0.25) is 0 Å². The van der Waals surface area contributed by atoms with Gasteiger partial charge in [-0.3, -0.25) is 0 Å². The molecule has 0 fully saturated rings. The van der Waals surface area contributed by atoms with Crippen molar-refractivity contribution < 1.29 is 9.53 Å². The molecular formula is C7H7O2. The molecule has 2 nitrogen and oxygen atoms in total. The van der Waals surface area contributed by atoms with Crippen molar-refractivity contribution in [3.8, 4) is 0 Å². The topological polar surface area (TPSA) is 26.3 Å². The largest absolute Gasteiger partial charge is 0.450 e. The zero-order valence-corrected chi connectivity index (χ0v) is 5.13. The summed E-state index contributed by atoms with van der Waals surface area (Å²) in [7, 11) is 0. The molecule has 0 aromatic heterocycles. The maximum absolute atomic E-state index is 10.7. The van der Waals surface area contributed by atoms with E-state index in [1.54, 1.807) is 25.2 Å². The molecular weight excluding hydrogens is 116 g/mol. The first-order valence-corrected chi connectivity index (χ1v) is 2.68. The van der Waals surface area contributed by atoms with E-state index in [-0.39, 0.29) is 5.97 Å². The zero-order chi connectivity index (χ0) is 6.69. The third-order valence-electron chi connectivity index (χ3n) is 1.03. The standard InChI is InChI=1S/C7H7O2/c1-6-4-2-3-5-9-7(6)8/h2-5H,1H3. The van der Waals surface area contributed by atoms with E-state index >= 15 is 0 Å². The van der Waals surface area contributed by atoms with Crippen LogP contribution in [0.15, 0.2) is 23.8 Å². The zero-order valence-electron chi connectivity index (χ0n) is 5.13. The van der Waals surface area contributed by atoms with Gasteiger partial charge in [-0.25, -0.2) is 4.79 Å². The lowest BCUT2D eigenvalue weighted by Gasteiger charge is -1.95. The fraction of sp³-hybridized carbons (Fsp3) is 0.143. The Hall–Kier alpha value is -1.05. The van der Waals surface area contributed by atoms with Gasteiger partial charge in [0.25, 0.3) is 0 Å². The van der Waals surface area contributed by atoms with Crippen LogP contribution in [-0.2, 0) is 9.53 Å². The lowest BCUT2D eigenvalue weighted by Crippen LogP contribution is -2.00. The Labute approximate surface area is 53.8 Å². The Kier molecular flexibility index (Phi) is 1.68.